The second-order valence-electron chi connectivity index (χ2n) is 9.37. The van der Waals surface area contributed by atoms with Crippen molar-refractivity contribution in [3.63, 3.8) is 0 Å². The largest absolute Gasteiger partial charge is 0.416 e. The molecule has 4 nitrogen and oxygen atoms in total. The Hall–Kier alpha value is -3.74. The average molecular weight is 492 g/mol. The standard InChI is InChI=1S/C29H28F3N3O/c1-20-9-11-21(12-10-20)25(26-19-33-27-8-3-2-7-24(26)27)18-28(36)35-15-13-34(14-16-35)23-6-4-5-22(17-23)29(30,31)32/h2-12,17,19,25,33H,13-16,18H2,1H3/t25-/m0/s1. The molecule has 0 unspecified atom stereocenters. The second-order valence-corrected chi connectivity index (χ2v) is 9.37. The number of hydrogen-bond acceptors (Lipinski definition) is 2. The first kappa shape index (κ1) is 24.0. The zero-order valence-corrected chi connectivity index (χ0v) is 20.1. The van der Waals surface area contributed by atoms with Crippen LogP contribution in [0.1, 0.15) is 34.6 Å². The average Bonchev–Trinajstić information content (AvgIpc) is 3.31. The molecule has 1 amide bonds. The van der Waals surface area contributed by atoms with Gasteiger partial charge in [0.1, 0.15) is 0 Å². The summed E-state index contributed by atoms with van der Waals surface area (Å²) in [6.07, 6.45) is -2.05. The number of nitrogens with zero attached hydrogens (tertiary/aromatic N) is 2. The van der Waals surface area contributed by atoms with Crippen molar-refractivity contribution in [2.45, 2.75) is 25.4 Å². The van der Waals surface area contributed by atoms with Crippen LogP contribution in [0.4, 0.5) is 18.9 Å². The van der Waals surface area contributed by atoms with Crippen molar-refractivity contribution in [3.05, 3.63) is 101 Å². The van der Waals surface area contributed by atoms with Crippen LogP contribution < -0.4 is 4.90 Å². The van der Waals surface area contributed by atoms with E-state index in [0.717, 1.165) is 33.7 Å². The van der Waals surface area contributed by atoms with Gasteiger partial charge < -0.3 is 14.8 Å². The predicted octanol–water partition coefficient (Wildman–Crippen LogP) is 6.37. The molecule has 1 fully saturated rings. The summed E-state index contributed by atoms with van der Waals surface area (Å²) in [5, 5.41) is 1.10. The Bertz CT molecular complexity index is 1350. The van der Waals surface area contributed by atoms with Crippen LogP contribution in [0.3, 0.4) is 0 Å². The second kappa shape index (κ2) is 9.72. The molecule has 4 aromatic rings. The monoisotopic (exact) mass is 491 g/mol. The summed E-state index contributed by atoms with van der Waals surface area (Å²) in [6.45, 7) is 3.98. The first-order valence-corrected chi connectivity index (χ1v) is 12.1. The maximum absolute atomic E-state index is 13.5. The van der Waals surface area contributed by atoms with Gasteiger partial charge in [-0.3, -0.25) is 4.79 Å². The third-order valence-corrected chi connectivity index (χ3v) is 7.03. The molecule has 1 N–H and O–H groups in total. The summed E-state index contributed by atoms with van der Waals surface area (Å²) < 4.78 is 39.4. The van der Waals surface area contributed by atoms with Crippen molar-refractivity contribution in [2.75, 3.05) is 31.1 Å². The first-order chi connectivity index (χ1) is 17.3. The lowest BCUT2D eigenvalue weighted by Gasteiger charge is -2.37. The molecule has 1 aromatic heterocycles. The third kappa shape index (κ3) is 4.96. The van der Waals surface area contributed by atoms with Gasteiger partial charge in [0.05, 0.1) is 5.56 Å². The number of H-pyrrole nitrogens is 1. The molecule has 7 heteroatoms. The van der Waals surface area contributed by atoms with Gasteiger partial charge in [-0.15, -0.1) is 0 Å². The summed E-state index contributed by atoms with van der Waals surface area (Å²) in [6, 6.07) is 21.8. The van der Waals surface area contributed by atoms with Crippen LogP contribution in [-0.4, -0.2) is 42.0 Å². The van der Waals surface area contributed by atoms with E-state index in [-0.39, 0.29) is 11.8 Å². The lowest BCUT2D eigenvalue weighted by molar-refractivity contribution is -0.137. The number of aryl methyl sites for hydroxylation is 1. The number of para-hydroxylation sites is 1. The summed E-state index contributed by atoms with van der Waals surface area (Å²) in [5.74, 6) is -0.0507. The number of aromatic amines is 1. The number of nitrogens with one attached hydrogen (secondary N) is 1. The quantitative estimate of drug-likeness (QED) is 0.353. The van der Waals surface area contributed by atoms with Gasteiger partial charge in [0.25, 0.3) is 0 Å². The number of anilines is 1. The smallest absolute Gasteiger partial charge is 0.368 e. The van der Waals surface area contributed by atoms with E-state index in [1.807, 2.05) is 41.1 Å². The van der Waals surface area contributed by atoms with E-state index in [9.17, 15) is 18.0 Å². The van der Waals surface area contributed by atoms with E-state index in [0.29, 0.717) is 38.3 Å². The minimum atomic E-state index is -4.37. The number of piperazine rings is 1. The highest BCUT2D eigenvalue weighted by Crippen LogP contribution is 2.35. The van der Waals surface area contributed by atoms with Gasteiger partial charge in [-0.05, 0) is 42.3 Å². The molecule has 0 bridgehead atoms. The van der Waals surface area contributed by atoms with E-state index < -0.39 is 11.7 Å². The molecule has 1 atom stereocenters. The molecule has 0 radical (unpaired) electrons. The van der Waals surface area contributed by atoms with Crippen LogP contribution in [0.15, 0.2) is 79.0 Å². The van der Waals surface area contributed by atoms with Crippen molar-refractivity contribution < 1.29 is 18.0 Å². The molecule has 2 heterocycles. The number of amides is 1. The predicted molar refractivity (Wildman–Crippen MR) is 136 cm³/mol. The first-order valence-electron chi connectivity index (χ1n) is 12.1. The number of alkyl halides is 3. The fourth-order valence-electron chi connectivity index (χ4n) is 4.99. The fraction of sp³-hybridized carbons (Fsp3) is 0.276. The van der Waals surface area contributed by atoms with Gasteiger partial charge in [0.2, 0.25) is 5.91 Å². The zero-order chi connectivity index (χ0) is 25.3. The zero-order valence-electron chi connectivity index (χ0n) is 20.1. The maximum atomic E-state index is 13.5. The van der Waals surface area contributed by atoms with Gasteiger partial charge in [-0.25, -0.2) is 0 Å². The number of rotatable bonds is 5. The number of benzene rings is 3. The lowest BCUT2D eigenvalue weighted by atomic mass is 9.87. The van der Waals surface area contributed by atoms with Crippen molar-refractivity contribution in [2.24, 2.45) is 0 Å². The van der Waals surface area contributed by atoms with E-state index in [1.165, 1.54) is 12.1 Å². The molecule has 1 saturated heterocycles. The van der Waals surface area contributed by atoms with E-state index >= 15 is 0 Å². The number of carbonyl (C=O) groups excluding carboxylic acids is 1. The molecule has 186 valence electrons. The molecule has 1 aliphatic heterocycles. The van der Waals surface area contributed by atoms with Crippen molar-refractivity contribution in [3.8, 4) is 0 Å². The van der Waals surface area contributed by atoms with E-state index in [1.54, 1.807) is 6.07 Å². The van der Waals surface area contributed by atoms with E-state index in [2.05, 4.69) is 35.3 Å². The normalized spacial score (nSPS) is 15.3. The number of carbonyl (C=O) groups is 1. The highest BCUT2D eigenvalue weighted by atomic mass is 19.4. The molecule has 36 heavy (non-hydrogen) atoms. The van der Waals surface area contributed by atoms with Crippen molar-refractivity contribution >= 4 is 22.5 Å². The maximum Gasteiger partial charge on any atom is 0.416 e. The van der Waals surface area contributed by atoms with Crippen LogP contribution in [-0.2, 0) is 11.0 Å². The Morgan fingerprint density at radius 1 is 0.944 bits per heavy atom. The SMILES string of the molecule is Cc1ccc([C@H](CC(=O)N2CCN(c3cccc(C(F)(F)F)c3)CC2)c2c[nH]c3ccccc23)cc1. The van der Waals surface area contributed by atoms with Crippen molar-refractivity contribution in [1.29, 1.82) is 0 Å². The van der Waals surface area contributed by atoms with E-state index in [4.69, 9.17) is 0 Å². The van der Waals surface area contributed by atoms with Gasteiger partial charge in [-0.1, -0.05) is 54.1 Å². The minimum absolute atomic E-state index is 0.0505. The molecule has 0 saturated carbocycles. The van der Waals surface area contributed by atoms with Crippen molar-refractivity contribution in [1.82, 2.24) is 9.88 Å². The fourth-order valence-corrected chi connectivity index (χ4v) is 4.99. The molecule has 5 rings (SSSR count). The Balaban J connectivity index is 1.32. The summed E-state index contributed by atoms with van der Waals surface area (Å²) in [4.78, 5) is 20.5. The summed E-state index contributed by atoms with van der Waals surface area (Å²) in [7, 11) is 0. The van der Waals surface area contributed by atoms with Crippen LogP contribution in [0.2, 0.25) is 0 Å². The Kier molecular flexibility index (Phi) is 6.48. The Labute approximate surface area is 208 Å². The highest BCUT2D eigenvalue weighted by molar-refractivity contribution is 5.86. The van der Waals surface area contributed by atoms with Crippen LogP contribution in [0.5, 0.6) is 0 Å². The third-order valence-electron chi connectivity index (χ3n) is 7.03. The minimum Gasteiger partial charge on any atom is -0.368 e. The number of aromatic nitrogens is 1. The van der Waals surface area contributed by atoms with Crippen LogP contribution in [0.25, 0.3) is 10.9 Å². The lowest BCUT2D eigenvalue weighted by Crippen LogP contribution is -2.49. The molecule has 0 aliphatic carbocycles. The van der Waals surface area contributed by atoms with Crippen LogP contribution in [0, 0.1) is 6.92 Å². The van der Waals surface area contributed by atoms with Gasteiger partial charge in [0, 0.05) is 61.3 Å². The van der Waals surface area contributed by atoms with Gasteiger partial charge in [0.15, 0.2) is 0 Å². The topological polar surface area (TPSA) is 39.3 Å². The highest BCUT2D eigenvalue weighted by Gasteiger charge is 2.31. The Morgan fingerprint density at radius 2 is 1.67 bits per heavy atom. The number of halogens is 3. The molecule has 0 spiro atoms. The van der Waals surface area contributed by atoms with Gasteiger partial charge in [-0.2, -0.15) is 13.2 Å². The summed E-state index contributed by atoms with van der Waals surface area (Å²) >= 11 is 0. The number of fused-ring (bicyclic) bond motifs is 1. The van der Waals surface area contributed by atoms with Crippen LogP contribution >= 0.6 is 0 Å². The molecule has 1 aliphatic rings. The molecule has 3 aromatic carbocycles. The Morgan fingerprint density at radius 3 is 2.39 bits per heavy atom. The molecular formula is C29H28F3N3O. The number of hydrogen-bond donors (Lipinski definition) is 1. The van der Waals surface area contributed by atoms with Gasteiger partial charge >= 0.3 is 6.18 Å². The molecular weight excluding hydrogens is 463 g/mol. The summed E-state index contributed by atoms with van der Waals surface area (Å²) in [5.41, 5.74) is 4.25.